The van der Waals surface area contributed by atoms with Crippen molar-refractivity contribution in [3.05, 3.63) is 16.1 Å². The van der Waals surface area contributed by atoms with E-state index < -0.39 is 0 Å². The second-order valence-corrected chi connectivity index (χ2v) is 5.92. The highest BCUT2D eigenvalue weighted by molar-refractivity contribution is 7.09. The van der Waals surface area contributed by atoms with Gasteiger partial charge in [-0.2, -0.15) is 0 Å². The summed E-state index contributed by atoms with van der Waals surface area (Å²) in [5.41, 5.74) is 1.20. The van der Waals surface area contributed by atoms with Crippen molar-refractivity contribution in [3.63, 3.8) is 0 Å². The minimum absolute atomic E-state index is 0.129. The fourth-order valence-corrected chi connectivity index (χ4v) is 2.23. The van der Waals surface area contributed by atoms with Crippen molar-refractivity contribution in [2.24, 2.45) is 0 Å². The molecule has 0 saturated carbocycles. The Hall–Kier alpha value is -0.450. The van der Waals surface area contributed by atoms with Crippen LogP contribution in [0.15, 0.2) is 5.38 Å². The lowest BCUT2D eigenvalue weighted by atomic mass is 9.98. The monoisotopic (exact) mass is 242 g/mol. The van der Waals surface area contributed by atoms with Crippen LogP contribution in [0.5, 0.6) is 0 Å². The average Bonchev–Trinajstić information content (AvgIpc) is 2.67. The Kier molecular flexibility index (Phi) is 4.89. The molecule has 0 saturated heterocycles. The first-order chi connectivity index (χ1) is 7.47. The van der Waals surface area contributed by atoms with Crippen LogP contribution in [0.3, 0.4) is 0 Å². The van der Waals surface area contributed by atoms with E-state index in [1.807, 2.05) is 0 Å². The Labute approximate surface area is 102 Å². The molecule has 0 amide bonds. The van der Waals surface area contributed by atoms with Crippen LogP contribution in [0.4, 0.5) is 0 Å². The molecule has 0 aromatic carbocycles. The molecule has 0 radical (unpaired) electrons. The Morgan fingerprint density at radius 1 is 1.50 bits per heavy atom. The predicted molar refractivity (Wildman–Crippen MR) is 68.8 cm³/mol. The molecular weight excluding hydrogens is 220 g/mol. The molecule has 0 aliphatic heterocycles. The number of thiazole rings is 1. The quantitative estimate of drug-likeness (QED) is 0.833. The third-order valence-electron chi connectivity index (χ3n) is 2.48. The Morgan fingerprint density at radius 2 is 2.19 bits per heavy atom. The van der Waals surface area contributed by atoms with E-state index in [9.17, 15) is 0 Å². The van der Waals surface area contributed by atoms with E-state index in [-0.39, 0.29) is 18.1 Å². The van der Waals surface area contributed by atoms with Crippen molar-refractivity contribution in [1.82, 2.24) is 10.3 Å². The highest BCUT2D eigenvalue weighted by Crippen LogP contribution is 2.25. The SMILES string of the molecule is CCC(CO)NCc1csc(C(C)(C)C)n1. The minimum Gasteiger partial charge on any atom is -0.395 e. The van der Waals surface area contributed by atoms with Gasteiger partial charge in [-0.25, -0.2) is 4.98 Å². The molecular formula is C12H22N2OS. The zero-order chi connectivity index (χ0) is 12.2. The fourth-order valence-electron chi connectivity index (χ4n) is 1.32. The van der Waals surface area contributed by atoms with Crippen molar-refractivity contribution < 1.29 is 5.11 Å². The van der Waals surface area contributed by atoms with Gasteiger partial charge >= 0.3 is 0 Å². The Balaban J connectivity index is 2.53. The van der Waals surface area contributed by atoms with E-state index in [4.69, 9.17) is 5.11 Å². The molecule has 16 heavy (non-hydrogen) atoms. The standard InChI is InChI=1S/C12H22N2OS/c1-5-9(7-15)13-6-10-8-16-11(14-10)12(2,3)4/h8-9,13,15H,5-7H2,1-4H3. The molecule has 1 aromatic rings. The molecule has 1 rings (SSSR count). The van der Waals surface area contributed by atoms with Gasteiger partial charge in [-0.1, -0.05) is 27.7 Å². The summed E-state index contributed by atoms with van der Waals surface area (Å²) in [6.07, 6.45) is 0.937. The summed E-state index contributed by atoms with van der Waals surface area (Å²) in [5.74, 6) is 0. The van der Waals surface area contributed by atoms with Crippen molar-refractivity contribution >= 4 is 11.3 Å². The van der Waals surface area contributed by atoms with Crippen molar-refractivity contribution in [3.8, 4) is 0 Å². The van der Waals surface area contributed by atoms with Crippen LogP contribution in [-0.4, -0.2) is 22.7 Å². The first kappa shape index (κ1) is 13.6. The molecule has 92 valence electrons. The second-order valence-electron chi connectivity index (χ2n) is 5.06. The van der Waals surface area contributed by atoms with Gasteiger partial charge in [-0.3, -0.25) is 0 Å². The largest absolute Gasteiger partial charge is 0.395 e. The van der Waals surface area contributed by atoms with E-state index in [1.54, 1.807) is 11.3 Å². The number of rotatable bonds is 5. The van der Waals surface area contributed by atoms with Gasteiger partial charge in [-0.05, 0) is 6.42 Å². The van der Waals surface area contributed by atoms with E-state index in [0.717, 1.165) is 18.7 Å². The molecule has 1 atom stereocenters. The van der Waals surface area contributed by atoms with Crippen LogP contribution in [0.25, 0.3) is 0 Å². The van der Waals surface area contributed by atoms with Gasteiger partial charge in [-0.15, -0.1) is 11.3 Å². The maximum Gasteiger partial charge on any atom is 0.0982 e. The van der Waals surface area contributed by atoms with E-state index >= 15 is 0 Å². The Morgan fingerprint density at radius 3 is 2.62 bits per heavy atom. The second kappa shape index (κ2) is 5.75. The van der Waals surface area contributed by atoms with Gasteiger partial charge in [0.1, 0.15) is 0 Å². The lowest BCUT2D eigenvalue weighted by Gasteiger charge is -2.14. The number of hydrogen-bond donors (Lipinski definition) is 2. The van der Waals surface area contributed by atoms with E-state index in [0.29, 0.717) is 0 Å². The maximum absolute atomic E-state index is 9.06. The van der Waals surface area contributed by atoms with Crippen LogP contribution >= 0.6 is 11.3 Å². The summed E-state index contributed by atoms with van der Waals surface area (Å²) in [6.45, 7) is 9.51. The number of aromatic nitrogens is 1. The third kappa shape index (κ3) is 3.85. The predicted octanol–water partition coefficient (Wildman–Crippen LogP) is 2.30. The highest BCUT2D eigenvalue weighted by Gasteiger charge is 2.17. The molecule has 0 fully saturated rings. The van der Waals surface area contributed by atoms with Crippen LogP contribution in [0, 0.1) is 0 Å². The summed E-state index contributed by atoms with van der Waals surface area (Å²) < 4.78 is 0. The van der Waals surface area contributed by atoms with E-state index in [2.05, 4.69) is 43.4 Å². The summed E-state index contributed by atoms with van der Waals surface area (Å²) >= 11 is 1.71. The zero-order valence-electron chi connectivity index (χ0n) is 10.6. The van der Waals surface area contributed by atoms with Gasteiger partial charge in [0.2, 0.25) is 0 Å². The number of nitrogens with zero attached hydrogens (tertiary/aromatic N) is 1. The first-order valence-corrected chi connectivity index (χ1v) is 6.64. The lowest BCUT2D eigenvalue weighted by molar-refractivity contribution is 0.238. The van der Waals surface area contributed by atoms with Gasteiger partial charge in [0.25, 0.3) is 0 Å². The molecule has 3 nitrogen and oxygen atoms in total. The number of aliphatic hydroxyl groups excluding tert-OH is 1. The molecule has 0 spiro atoms. The van der Waals surface area contributed by atoms with Crippen LogP contribution in [0.2, 0.25) is 0 Å². The van der Waals surface area contributed by atoms with Crippen molar-refractivity contribution in [2.45, 2.75) is 52.1 Å². The summed E-state index contributed by atoms with van der Waals surface area (Å²) in [6, 6.07) is 0.180. The zero-order valence-corrected chi connectivity index (χ0v) is 11.4. The molecule has 1 heterocycles. The molecule has 1 unspecified atom stereocenters. The smallest absolute Gasteiger partial charge is 0.0982 e. The fraction of sp³-hybridized carbons (Fsp3) is 0.750. The molecule has 1 aromatic heterocycles. The average molecular weight is 242 g/mol. The Bertz CT molecular complexity index is 313. The molecule has 4 heteroatoms. The number of nitrogens with one attached hydrogen (secondary N) is 1. The summed E-state index contributed by atoms with van der Waals surface area (Å²) in [4.78, 5) is 4.60. The number of aliphatic hydroxyl groups is 1. The first-order valence-electron chi connectivity index (χ1n) is 5.76. The van der Waals surface area contributed by atoms with Gasteiger partial charge in [0, 0.05) is 23.4 Å². The van der Waals surface area contributed by atoms with Crippen molar-refractivity contribution in [2.75, 3.05) is 6.61 Å². The molecule has 0 bridgehead atoms. The minimum atomic E-state index is 0.129. The van der Waals surface area contributed by atoms with Crippen LogP contribution < -0.4 is 5.32 Å². The third-order valence-corrected chi connectivity index (χ3v) is 3.80. The molecule has 0 aliphatic rings. The summed E-state index contributed by atoms with van der Waals surface area (Å²) in [7, 11) is 0. The van der Waals surface area contributed by atoms with E-state index in [1.165, 1.54) is 5.01 Å². The summed E-state index contributed by atoms with van der Waals surface area (Å²) in [5, 5.41) is 15.6. The van der Waals surface area contributed by atoms with Gasteiger partial charge in [0.05, 0.1) is 17.3 Å². The van der Waals surface area contributed by atoms with Gasteiger partial charge in [0.15, 0.2) is 0 Å². The topological polar surface area (TPSA) is 45.1 Å². The highest BCUT2D eigenvalue weighted by atomic mass is 32.1. The molecule has 2 N–H and O–H groups in total. The van der Waals surface area contributed by atoms with Gasteiger partial charge < -0.3 is 10.4 Å². The maximum atomic E-state index is 9.06. The van der Waals surface area contributed by atoms with Crippen LogP contribution in [0.1, 0.15) is 44.8 Å². The molecule has 0 aliphatic carbocycles. The lowest BCUT2D eigenvalue weighted by Crippen LogP contribution is -2.31. The number of hydrogen-bond acceptors (Lipinski definition) is 4. The van der Waals surface area contributed by atoms with Crippen molar-refractivity contribution in [1.29, 1.82) is 0 Å². The van der Waals surface area contributed by atoms with Crippen LogP contribution in [-0.2, 0) is 12.0 Å². The normalized spacial score (nSPS) is 14.1.